The lowest BCUT2D eigenvalue weighted by molar-refractivity contribution is -0.123. The maximum Gasteiger partial charge on any atom is 0.276 e. The molecule has 0 saturated carbocycles. The largest absolute Gasteiger partial charge is 0.484 e. The number of ether oxygens (including phenoxy) is 1. The molecule has 0 heterocycles. The van der Waals surface area contributed by atoms with E-state index >= 15 is 0 Å². The summed E-state index contributed by atoms with van der Waals surface area (Å²) in [5.41, 5.74) is 5.31. The van der Waals surface area contributed by atoms with Crippen LogP contribution in [-0.2, 0) is 4.79 Å². The third-order valence-corrected chi connectivity index (χ3v) is 3.25. The summed E-state index contributed by atoms with van der Waals surface area (Å²) < 4.78 is 6.13. The van der Waals surface area contributed by atoms with Gasteiger partial charge in [-0.1, -0.05) is 22.0 Å². The van der Waals surface area contributed by atoms with Crippen molar-refractivity contribution in [3.05, 3.63) is 64.1 Å². The summed E-state index contributed by atoms with van der Waals surface area (Å²) in [5.74, 6) is -0.440. The van der Waals surface area contributed by atoms with Crippen molar-refractivity contribution in [3.63, 3.8) is 0 Å². The van der Waals surface area contributed by atoms with E-state index in [1.54, 1.807) is 18.2 Å². The molecule has 0 aromatic heterocycles. The Morgan fingerprint density at radius 1 is 1.13 bits per heavy atom. The highest BCUT2D eigenvalue weighted by atomic mass is 79.9. The molecular weight excluding hydrogens is 362 g/mol. The number of nitriles is 1. The molecule has 0 saturated heterocycles. The summed E-state index contributed by atoms with van der Waals surface area (Å²) >= 11 is 3.30. The Labute approximate surface area is 141 Å². The van der Waals surface area contributed by atoms with Crippen molar-refractivity contribution in [2.75, 3.05) is 6.61 Å². The van der Waals surface area contributed by atoms with Crippen molar-refractivity contribution in [3.8, 4) is 11.8 Å². The molecule has 6 nitrogen and oxygen atoms in total. The van der Waals surface area contributed by atoms with Gasteiger partial charge in [-0.2, -0.15) is 5.26 Å². The first-order valence-electron chi connectivity index (χ1n) is 6.56. The van der Waals surface area contributed by atoms with E-state index in [2.05, 4.69) is 26.8 Å². The highest BCUT2D eigenvalue weighted by Crippen LogP contribution is 2.17. The van der Waals surface area contributed by atoms with Gasteiger partial charge in [-0.25, -0.2) is 0 Å². The van der Waals surface area contributed by atoms with Crippen LogP contribution in [0, 0.1) is 11.3 Å². The topological polar surface area (TPSA) is 91.2 Å². The Bertz CT molecular complexity index is 754. The zero-order chi connectivity index (χ0) is 16.7. The number of halogens is 1. The first-order chi connectivity index (χ1) is 11.1. The van der Waals surface area contributed by atoms with Crippen molar-refractivity contribution >= 4 is 27.7 Å². The molecule has 0 atom stereocenters. The number of carbonyl (C=O) groups excluding carboxylic acids is 2. The molecule has 0 aliphatic heterocycles. The molecular formula is C16H12BrN3O3. The minimum atomic E-state index is -0.494. The molecule has 0 aliphatic carbocycles. The highest BCUT2D eigenvalue weighted by Gasteiger charge is 2.08. The van der Waals surface area contributed by atoms with Crippen LogP contribution in [0.4, 0.5) is 0 Å². The molecule has 2 aromatic carbocycles. The number of hydrogen-bond acceptors (Lipinski definition) is 4. The Kier molecular flexibility index (Phi) is 5.72. The van der Waals surface area contributed by atoms with Crippen molar-refractivity contribution in [1.29, 1.82) is 5.26 Å². The molecule has 0 bridgehead atoms. The normalized spacial score (nSPS) is 9.57. The Hall–Kier alpha value is -2.85. The van der Waals surface area contributed by atoms with Crippen LogP contribution in [-0.4, -0.2) is 18.4 Å². The van der Waals surface area contributed by atoms with Gasteiger partial charge in [0.2, 0.25) is 0 Å². The number of hydrogen-bond donors (Lipinski definition) is 2. The number of benzene rings is 2. The lowest BCUT2D eigenvalue weighted by Crippen LogP contribution is -2.43. The number of amides is 2. The Morgan fingerprint density at radius 2 is 1.87 bits per heavy atom. The number of hydrazine groups is 1. The maximum absolute atomic E-state index is 11.8. The van der Waals surface area contributed by atoms with Crippen molar-refractivity contribution in [2.24, 2.45) is 0 Å². The zero-order valence-corrected chi connectivity index (χ0v) is 13.5. The second-order valence-corrected chi connectivity index (χ2v) is 5.35. The maximum atomic E-state index is 11.8. The molecule has 0 unspecified atom stereocenters. The Balaban J connectivity index is 1.79. The van der Waals surface area contributed by atoms with E-state index in [1.807, 2.05) is 12.1 Å². The van der Waals surface area contributed by atoms with E-state index in [0.717, 1.165) is 4.47 Å². The molecule has 116 valence electrons. The molecule has 0 fully saturated rings. The van der Waals surface area contributed by atoms with Crippen molar-refractivity contribution in [1.82, 2.24) is 10.9 Å². The second kappa shape index (κ2) is 7.96. The lowest BCUT2D eigenvalue weighted by atomic mass is 10.1. The average molecular weight is 374 g/mol. The van der Waals surface area contributed by atoms with Gasteiger partial charge >= 0.3 is 0 Å². The summed E-state index contributed by atoms with van der Waals surface area (Å²) in [7, 11) is 0. The van der Waals surface area contributed by atoms with Gasteiger partial charge < -0.3 is 4.74 Å². The van der Waals surface area contributed by atoms with Crippen LogP contribution in [0.25, 0.3) is 0 Å². The fourth-order valence-corrected chi connectivity index (χ4v) is 2.01. The quantitative estimate of drug-likeness (QED) is 0.803. The number of rotatable bonds is 4. The second-order valence-electron chi connectivity index (χ2n) is 4.44. The van der Waals surface area contributed by atoms with E-state index < -0.39 is 11.8 Å². The molecule has 2 amide bonds. The van der Waals surface area contributed by atoms with E-state index in [9.17, 15) is 9.59 Å². The van der Waals surface area contributed by atoms with Crippen molar-refractivity contribution < 1.29 is 14.3 Å². The smallest absolute Gasteiger partial charge is 0.276 e. The molecule has 2 rings (SSSR count). The fraction of sp³-hybridized carbons (Fsp3) is 0.0625. The number of nitrogens with one attached hydrogen (secondary N) is 2. The predicted molar refractivity (Wildman–Crippen MR) is 86.4 cm³/mol. The van der Waals surface area contributed by atoms with Crippen LogP contribution in [0.1, 0.15) is 15.9 Å². The van der Waals surface area contributed by atoms with Crippen LogP contribution in [0.15, 0.2) is 53.0 Å². The van der Waals surface area contributed by atoms with Crippen LogP contribution < -0.4 is 15.6 Å². The molecule has 0 aliphatic rings. The summed E-state index contributed by atoms with van der Waals surface area (Å²) in [6, 6.07) is 15.1. The van der Waals surface area contributed by atoms with Gasteiger partial charge in [0.1, 0.15) is 5.75 Å². The summed E-state index contributed by atoms with van der Waals surface area (Å²) in [6.07, 6.45) is 0. The van der Waals surface area contributed by atoms with Gasteiger partial charge in [-0.3, -0.25) is 20.4 Å². The number of nitrogens with zero attached hydrogens (tertiary/aromatic N) is 1. The van der Waals surface area contributed by atoms with Gasteiger partial charge in [0.25, 0.3) is 11.8 Å². The minimum absolute atomic E-state index is 0.232. The van der Waals surface area contributed by atoms with Crippen LogP contribution in [0.3, 0.4) is 0 Å². The van der Waals surface area contributed by atoms with Crippen LogP contribution in [0.2, 0.25) is 0 Å². The first kappa shape index (κ1) is 16.5. The van der Waals surface area contributed by atoms with Crippen LogP contribution in [0.5, 0.6) is 5.75 Å². The zero-order valence-electron chi connectivity index (χ0n) is 11.9. The third kappa shape index (κ3) is 5.13. The SMILES string of the molecule is N#Cc1ccc(C(=O)NNC(=O)COc2cccc(Br)c2)cc1. The molecule has 0 spiro atoms. The molecule has 2 aromatic rings. The molecule has 2 N–H and O–H groups in total. The van der Waals surface area contributed by atoms with Gasteiger partial charge in [-0.15, -0.1) is 0 Å². The summed E-state index contributed by atoms with van der Waals surface area (Å²) in [4.78, 5) is 23.4. The minimum Gasteiger partial charge on any atom is -0.484 e. The van der Waals surface area contributed by atoms with E-state index in [4.69, 9.17) is 10.00 Å². The summed E-state index contributed by atoms with van der Waals surface area (Å²) in [6.45, 7) is -0.232. The first-order valence-corrected chi connectivity index (χ1v) is 7.35. The third-order valence-electron chi connectivity index (χ3n) is 2.76. The van der Waals surface area contributed by atoms with Gasteiger partial charge in [0, 0.05) is 10.0 Å². The van der Waals surface area contributed by atoms with Gasteiger partial charge in [0.15, 0.2) is 6.61 Å². The van der Waals surface area contributed by atoms with Crippen molar-refractivity contribution in [2.45, 2.75) is 0 Å². The lowest BCUT2D eigenvalue weighted by Gasteiger charge is -2.09. The summed E-state index contributed by atoms with van der Waals surface area (Å²) in [5, 5.41) is 8.69. The van der Waals surface area contributed by atoms with E-state index in [1.165, 1.54) is 24.3 Å². The molecule has 7 heteroatoms. The monoisotopic (exact) mass is 373 g/mol. The average Bonchev–Trinajstić information content (AvgIpc) is 2.58. The van der Waals surface area contributed by atoms with Gasteiger partial charge in [-0.05, 0) is 42.5 Å². The van der Waals surface area contributed by atoms with Crippen LogP contribution >= 0.6 is 15.9 Å². The molecule has 0 radical (unpaired) electrons. The van der Waals surface area contributed by atoms with E-state index in [0.29, 0.717) is 16.9 Å². The Morgan fingerprint density at radius 3 is 2.52 bits per heavy atom. The van der Waals surface area contributed by atoms with E-state index in [-0.39, 0.29) is 6.61 Å². The number of carbonyl (C=O) groups is 2. The standard InChI is InChI=1S/C16H12BrN3O3/c17-13-2-1-3-14(8-13)23-10-15(21)19-20-16(22)12-6-4-11(9-18)5-7-12/h1-8H,10H2,(H,19,21)(H,20,22). The highest BCUT2D eigenvalue weighted by molar-refractivity contribution is 9.10. The predicted octanol–water partition coefficient (Wildman–Crippen LogP) is 2.16. The fourth-order valence-electron chi connectivity index (χ4n) is 1.64. The molecule has 23 heavy (non-hydrogen) atoms. The van der Waals surface area contributed by atoms with Gasteiger partial charge in [0.05, 0.1) is 11.6 Å².